The van der Waals surface area contributed by atoms with E-state index in [1.165, 1.54) is 32.1 Å². The average Bonchev–Trinajstić information content (AvgIpc) is 3.34. The molecule has 0 aliphatic heterocycles. The first-order valence-electron chi connectivity index (χ1n) is 9.30. The van der Waals surface area contributed by atoms with Gasteiger partial charge in [0.05, 0.1) is 7.11 Å². The van der Waals surface area contributed by atoms with E-state index in [9.17, 15) is 4.79 Å². The molecule has 2 aromatic rings. The number of carbonyl (C=O) groups excluding carboxylic acids is 1. The van der Waals surface area contributed by atoms with Crippen molar-refractivity contribution >= 4 is 16.8 Å². The second kappa shape index (κ2) is 6.32. The summed E-state index contributed by atoms with van der Waals surface area (Å²) in [5, 5.41) is 1.06. The predicted octanol–water partition coefficient (Wildman–Crippen LogP) is 4.17. The third kappa shape index (κ3) is 2.88. The summed E-state index contributed by atoms with van der Waals surface area (Å²) >= 11 is 0. The highest BCUT2D eigenvalue weighted by Gasteiger charge is 2.58. The van der Waals surface area contributed by atoms with Gasteiger partial charge in [-0.25, -0.2) is 0 Å². The number of methoxy groups -OCH3 is 1. The summed E-state index contributed by atoms with van der Waals surface area (Å²) < 4.78 is 5.42. The molecule has 4 rings (SSSR count). The molecule has 2 aliphatic carbocycles. The summed E-state index contributed by atoms with van der Waals surface area (Å²) in [6.45, 7) is 0.623. The third-order valence-corrected chi connectivity index (χ3v) is 6.16. The van der Waals surface area contributed by atoms with E-state index < -0.39 is 0 Å². The highest BCUT2D eigenvalue weighted by Crippen LogP contribution is 2.61. The minimum atomic E-state index is 0.250. The Kier molecular flexibility index (Phi) is 4.14. The maximum Gasteiger partial charge on any atom is 0.226 e. The van der Waals surface area contributed by atoms with Crippen LogP contribution in [-0.2, 0) is 11.3 Å². The van der Waals surface area contributed by atoms with Crippen LogP contribution in [0.2, 0.25) is 0 Å². The van der Waals surface area contributed by atoms with Crippen LogP contribution in [-0.4, -0.2) is 29.9 Å². The van der Waals surface area contributed by atoms with Crippen molar-refractivity contribution in [1.82, 2.24) is 9.88 Å². The fourth-order valence-electron chi connectivity index (χ4n) is 4.61. The lowest BCUT2D eigenvalue weighted by molar-refractivity contribution is -0.132. The summed E-state index contributed by atoms with van der Waals surface area (Å²) in [6.07, 6.45) is 9.29. The fraction of sp³-hybridized carbons (Fsp3) is 0.524. The molecule has 0 bridgehead atoms. The van der Waals surface area contributed by atoms with E-state index in [2.05, 4.69) is 17.1 Å². The fourth-order valence-corrected chi connectivity index (χ4v) is 4.61. The second-order valence-corrected chi connectivity index (χ2v) is 7.70. The van der Waals surface area contributed by atoms with E-state index in [4.69, 9.17) is 4.74 Å². The quantitative estimate of drug-likeness (QED) is 0.840. The Labute approximate surface area is 149 Å². The van der Waals surface area contributed by atoms with Crippen molar-refractivity contribution in [2.24, 2.45) is 11.3 Å². The number of rotatable bonds is 4. The van der Waals surface area contributed by atoms with Crippen LogP contribution in [0.15, 0.2) is 30.5 Å². The van der Waals surface area contributed by atoms with E-state index >= 15 is 0 Å². The lowest BCUT2D eigenvalue weighted by Gasteiger charge is -2.24. The number of ether oxygens (including phenoxy) is 1. The van der Waals surface area contributed by atoms with Gasteiger partial charge in [-0.15, -0.1) is 0 Å². The van der Waals surface area contributed by atoms with Crippen molar-refractivity contribution in [2.75, 3.05) is 14.2 Å². The summed E-state index contributed by atoms with van der Waals surface area (Å²) in [6, 6.07) is 7.99. The Morgan fingerprint density at radius 1 is 1.28 bits per heavy atom. The number of carbonyl (C=O) groups is 1. The molecule has 4 nitrogen and oxygen atoms in total. The van der Waals surface area contributed by atoms with Crippen molar-refractivity contribution in [1.29, 1.82) is 0 Å². The Balaban J connectivity index is 1.52. The highest BCUT2D eigenvalue weighted by molar-refractivity contribution is 5.88. The van der Waals surface area contributed by atoms with Gasteiger partial charge in [0.1, 0.15) is 11.3 Å². The predicted molar refractivity (Wildman–Crippen MR) is 98.4 cm³/mol. The minimum absolute atomic E-state index is 0.250. The molecule has 1 spiro atoms. The number of pyridine rings is 1. The van der Waals surface area contributed by atoms with Crippen molar-refractivity contribution < 1.29 is 9.53 Å². The molecule has 132 valence electrons. The largest absolute Gasteiger partial charge is 0.494 e. The normalized spacial score (nSPS) is 21.3. The first kappa shape index (κ1) is 16.4. The highest BCUT2D eigenvalue weighted by atomic mass is 16.5. The van der Waals surface area contributed by atoms with E-state index in [0.717, 1.165) is 28.6 Å². The van der Waals surface area contributed by atoms with Crippen molar-refractivity contribution in [3.8, 4) is 5.75 Å². The number of nitrogens with zero attached hydrogens (tertiary/aromatic N) is 2. The van der Waals surface area contributed by atoms with Crippen LogP contribution in [0, 0.1) is 11.3 Å². The van der Waals surface area contributed by atoms with Gasteiger partial charge in [-0.2, -0.15) is 0 Å². The van der Waals surface area contributed by atoms with Gasteiger partial charge in [0.25, 0.3) is 0 Å². The molecule has 1 aromatic carbocycles. The Morgan fingerprint density at radius 3 is 2.84 bits per heavy atom. The molecule has 0 N–H and O–H groups in total. The van der Waals surface area contributed by atoms with Gasteiger partial charge in [-0.3, -0.25) is 9.78 Å². The van der Waals surface area contributed by atoms with Gasteiger partial charge in [0.2, 0.25) is 5.91 Å². The van der Waals surface area contributed by atoms with Gasteiger partial charge < -0.3 is 9.64 Å². The Bertz CT molecular complexity index is 796. The maximum atomic E-state index is 12.9. The third-order valence-electron chi connectivity index (χ3n) is 6.16. The van der Waals surface area contributed by atoms with Crippen molar-refractivity contribution in [2.45, 2.75) is 45.1 Å². The van der Waals surface area contributed by atoms with Gasteiger partial charge >= 0.3 is 0 Å². The van der Waals surface area contributed by atoms with Crippen LogP contribution < -0.4 is 4.74 Å². The second-order valence-electron chi connectivity index (χ2n) is 7.70. The lowest BCUT2D eigenvalue weighted by atomic mass is 9.84. The SMILES string of the molecule is COc1ccc(CN(C)C(=O)[C@@H]2CC23CCCCC3)c2cccnc12. The molecular formula is C21H26N2O2. The molecule has 0 saturated heterocycles. The molecule has 2 saturated carbocycles. The smallest absolute Gasteiger partial charge is 0.226 e. The Hall–Kier alpha value is -2.10. The molecule has 1 atom stereocenters. The van der Waals surface area contributed by atoms with Crippen molar-refractivity contribution in [3.05, 3.63) is 36.0 Å². The molecule has 1 amide bonds. The molecular weight excluding hydrogens is 312 g/mol. The number of hydrogen-bond donors (Lipinski definition) is 0. The number of amides is 1. The monoisotopic (exact) mass is 338 g/mol. The molecule has 2 aliphatic rings. The van der Waals surface area contributed by atoms with E-state index in [0.29, 0.717) is 17.9 Å². The summed E-state index contributed by atoms with van der Waals surface area (Å²) in [7, 11) is 3.60. The van der Waals surface area contributed by atoms with Gasteiger partial charge in [-0.05, 0) is 42.4 Å². The summed E-state index contributed by atoms with van der Waals surface area (Å²) in [5.74, 6) is 1.34. The van der Waals surface area contributed by atoms with E-state index in [1.54, 1.807) is 13.3 Å². The molecule has 1 aromatic heterocycles. The molecule has 2 fully saturated rings. The van der Waals surface area contributed by atoms with Crippen LogP contribution >= 0.6 is 0 Å². The molecule has 25 heavy (non-hydrogen) atoms. The van der Waals surface area contributed by atoms with Crippen LogP contribution in [0.25, 0.3) is 10.9 Å². The number of fused-ring (bicyclic) bond motifs is 1. The first-order valence-corrected chi connectivity index (χ1v) is 9.30. The summed E-state index contributed by atoms with van der Waals surface area (Å²) in [5.41, 5.74) is 2.32. The average molecular weight is 338 g/mol. The standard InChI is InChI=1S/C21H26N2O2/c1-23(20(24)17-13-21(17)10-4-3-5-11-21)14-15-8-9-18(25-2)19-16(15)7-6-12-22-19/h6-9,12,17H,3-5,10-11,13-14H2,1-2H3/t17-/m0/s1. The van der Waals surface area contributed by atoms with E-state index in [1.807, 2.05) is 24.1 Å². The van der Waals surface area contributed by atoms with Crippen LogP contribution in [0.3, 0.4) is 0 Å². The topological polar surface area (TPSA) is 42.4 Å². The maximum absolute atomic E-state index is 12.9. The first-order chi connectivity index (χ1) is 12.1. The number of aromatic nitrogens is 1. The van der Waals surface area contributed by atoms with Gasteiger partial charge in [0.15, 0.2) is 0 Å². The molecule has 4 heteroatoms. The van der Waals surface area contributed by atoms with E-state index in [-0.39, 0.29) is 5.92 Å². The number of benzene rings is 1. The minimum Gasteiger partial charge on any atom is -0.494 e. The van der Waals surface area contributed by atoms with Gasteiger partial charge in [-0.1, -0.05) is 31.4 Å². The lowest BCUT2D eigenvalue weighted by Crippen LogP contribution is -2.30. The zero-order valence-corrected chi connectivity index (χ0v) is 15.1. The van der Waals surface area contributed by atoms with Crippen LogP contribution in [0.1, 0.15) is 44.1 Å². The zero-order valence-electron chi connectivity index (χ0n) is 15.1. The zero-order chi connectivity index (χ0) is 17.4. The van der Waals surface area contributed by atoms with Gasteiger partial charge in [0, 0.05) is 31.1 Å². The molecule has 1 heterocycles. The number of hydrogen-bond acceptors (Lipinski definition) is 3. The molecule has 0 unspecified atom stereocenters. The summed E-state index contributed by atoms with van der Waals surface area (Å²) in [4.78, 5) is 19.3. The van der Waals surface area contributed by atoms with Crippen LogP contribution in [0.4, 0.5) is 0 Å². The van der Waals surface area contributed by atoms with Crippen LogP contribution in [0.5, 0.6) is 5.75 Å². The Morgan fingerprint density at radius 2 is 2.08 bits per heavy atom. The van der Waals surface area contributed by atoms with Crippen molar-refractivity contribution in [3.63, 3.8) is 0 Å². The molecule has 0 radical (unpaired) electrons.